The maximum Gasteiger partial charge on any atom is 0.259 e. The molecule has 4 amide bonds. The van der Waals surface area contributed by atoms with Gasteiger partial charge in [-0.25, -0.2) is 9.91 Å². The van der Waals surface area contributed by atoms with Crippen LogP contribution >= 0.6 is 23.2 Å². The molecule has 0 bridgehead atoms. The van der Waals surface area contributed by atoms with E-state index in [1.807, 2.05) is 6.07 Å². The van der Waals surface area contributed by atoms with E-state index in [2.05, 4.69) is 5.43 Å². The van der Waals surface area contributed by atoms with Crippen LogP contribution < -0.4 is 10.3 Å². The first-order valence-electron chi connectivity index (χ1n) is 8.73. The molecular weight excluding hydrogens is 417 g/mol. The van der Waals surface area contributed by atoms with Crippen molar-refractivity contribution in [3.63, 3.8) is 0 Å². The molecule has 7 nitrogen and oxygen atoms in total. The highest BCUT2D eigenvalue weighted by molar-refractivity contribution is 6.42. The van der Waals surface area contributed by atoms with Gasteiger partial charge in [0.15, 0.2) is 0 Å². The average molecular weight is 434 g/mol. The molecule has 0 aromatic heterocycles. The summed E-state index contributed by atoms with van der Waals surface area (Å²) < 4.78 is 0. The van der Waals surface area contributed by atoms with Crippen LogP contribution in [-0.2, 0) is 25.6 Å². The molecule has 1 saturated heterocycles. The summed E-state index contributed by atoms with van der Waals surface area (Å²) in [5, 5.41) is 1.38. The lowest BCUT2D eigenvalue weighted by Crippen LogP contribution is -2.54. The van der Waals surface area contributed by atoms with E-state index in [0.717, 1.165) is 15.5 Å². The Balaban J connectivity index is 1.78. The summed E-state index contributed by atoms with van der Waals surface area (Å²) in [5.41, 5.74) is 3.44. The van der Waals surface area contributed by atoms with Gasteiger partial charge in [-0.2, -0.15) is 0 Å². The number of carbonyl (C=O) groups excluding carboxylic acids is 4. The van der Waals surface area contributed by atoms with Gasteiger partial charge in [0.2, 0.25) is 17.7 Å². The van der Waals surface area contributed by atoms with Gasteiger partial charge < -0.3 is 0 Å². The monoisotopic (exact) mass is 433 g/mol. The quantitative estimate of drug-likeness (QED) is 0.593. The van der Waals surface area contributed by atoms with Crippen LogP contribution in [0.4, 0.5) is 5.69 Å². The molecule has 0 saturated carbocycles. The fourth-order valence-electron chi connectivity index (χ4n) is 3.04. The maximum absolute atomic E-state index is 12.9. The second kappa shape index (κ2) is 8.63. The molecule has 2 aromatic rings. The smallest absolute Gasteiger partial charge is 0.259 e. The number of nitrogens with one attached hydrogen (secondary N) is 1. The van der Waals surface area contributed by atoms with Crippen LogP contribution in [0.5, 0.6) is 0 Å². The fraction of sp³-hybridized carbons (Fsp3) is 0.200. The van der Waals surface area contributed by atoms with Crippen molar-refractivity contribution in [1.82, 2.24) is 10.4 Å². The van der Waals surface area contributed by atoms with Gasteiger partial charge in [-0.05, 0) is 23.8 Å². The summed E-state index contributed by atoms with van der Waals surface area (Å²) in [6.45, 7) is 1.21. The molecule has 3 rings (SSSR count). The number of imide groups is 1. The van der Waals surface area contributed by atoms with Crippen molar-refractivity contribution >= 4 is 52.5 Å². The molecule has 9 heteroatoms. The van der Waals surface area contributed by atoms with Gasteiger partial charge in [0, 0.05) is 6.92 Å². The van der Waals surface area contributed by atoms with E-state index in [9.17, 15) is 19.2 Å². The molecule has 0 radical (unpaired) electrons. The minimum absolute atomic E-state index is 0.0238. The molecule has 1 aliphatic rings. The second-order valence-corrected chi connectivity index (χ2v) is 7.29. The van der Waals surface area contributed by atoms with Gasteiger partial charge in [-0.3, -0.25) is 24.6 Å². The highest BCUT2D eigenvalue weighted by atomic mass is 35.5. The normalized spacial score (nSPS) is 16.1. The third-order valence-corrected chi connectivity index (χ3v) is 5.13. The highest BCUT2D eigenvalue weighted by Gasteiger charge is 2.44. The number of carbonyl (C=O) groups is 4. The first-order chi connectivity index (χ1) is 13.8. The van der Waals surface area contributed by atoms with E-state index < -0.39 is 29.7 Å². The number of nitrogens with zero attached hydrogens (tertiary/aromatic N) is 2. The predicted octanol–water partition coefficient (Wildman–Crippen LogP) is 2.75. The molecule has 1 fully saturated rings. The number of benzene rings is 2. The number of hydrogen-bond donors (Lipinski definition) is 1. The largest absolute Gasteiger partial charge is 0.274 e. The van der Waals surface area contributed by atoms with Crippen molar-refractivity contribution in [3.05, 3.63) is 64.1 Å². The topological polar surface area (TPSA) is 86.8 Å². The number of anilines is 1. The Kier molecular flexibility index (Phi) is 6.20. The zero-order chi connectivity index (χ0) is 21.1. The number of amides is 4. The Bertz CT molecular complexity index is 981. The van der Waals surface area contributed by atoms with Crippen molar-refractivity contribution in [2.24, 2.45) is 0 Å². The second-order valence-electron chi connectivity index (χ2n) is 6.47. The first-order valence-corrected chi connectivity index (χ1v) is 9.48. The molecule has 1 atom stereocenters. The van der Waals surface area contributed by atoms with Gasteiger partial charge in [0.25, 0.3) is 5.91 Å². The predicted molar refractivity (Wildman–Crippen MR) is 108 cm³/mol. The molecule has 1 heterocycles. The lowest BCUT2D eigenvalue weighted by Gasteiger charge is -2.26. The van der Waals surface area contributed by atoms with E-state index in [0.29, 0.717) is 0 Å². The summed E-state index contributed by atoms with van der Waals surface area (Å²) in [6, 6.07) is 12.2. The van der Waals surface area contributed by atoms with Crippen LogP contribution in [0.2, 0.25) is 10.0 Å². The zero-order valence-corrected chi connectivity index (χ0v) is 16.9. The van der Waals surface area contributed by atoms with E-state index in [1.54, 1.807) is 24.3 Å². The van der Waals surface area contributed by atoms with Gasteiger partial charge in [0.05, 0.1) is 28.6 Å². The van der Waals surface area contributed by atoms with Gasteiger partial charge >= 0.3 is 0 Å². The molecule has 2 aromatic carbocycles. The first kappa shape index (κ1) is 20.8. The van der Waals surface area contributed by atoms with E-state index >= 15 is 0 Å². The summed E-state index contributed by atoms with van der Waals surface area (Å²) in [7, 11) is 0. The summed E-state index contributed by atoms with van der Waals surface area (Å²) >= 11 is 11.9. The van der Waals surface area contributed by atoms with Crippen molar-refractivity contribution in [2.75, 3.05) is 4.90 Å². The zero-order valence-electron chi connectivity index (χ0n) is 15.4. The van der Waals surface area contributed by atoms with Gasteiger partial charge in [-0.1, -0.05) is 53.5 Å². The molecule has 1 aliphatic heterocycles. The van der Waals surface area contributed by atoms with Crippen LogP contribution in [0.1, 0.15) is 18.9 Å². The minimum atomic E-state index is -1.14. The Labute approximate surface area is 177 Å². The lowest BCUT2D eigenvalue weighted by atomic mass is 10.1. The standard InChI is InChI=1S/C20H17Cl2N3O4/c1-12(26)25(23-18(27)9-13-5-3-2-4-6-13)17-11-19(28)24(20(17)29)14-7-8-15(21)16(22)10-14/h2-8,10,17H,9,11H2,1H3,(H,23,27). The number of halogens is 2. The van der Waals surface area contributed by atoms with Crippen molar-refractivity contribution in [2.45, 2.75) is 25.8 Å². The maximum atomic E-state index is 12.9. The molecule has 1 unspecified atom stereocenters. The number of rotatable bonds is 4. The van der Waals surface area contributed by atoms with Gasteiger partial charge in [0.1, 0.15) is 6.04 Å². The van der Waals surface area contributed by atoms with Gasteiger partial charge in [-0.15, -0.1) is 0 Å². The molecule has 0 aliphatic carbocycles. The van der Waals surface area contributed by atoms with Crippen molar-refractivity contribution < 1.29 is 19.2 Å². The van der Waals surface area contributed by atoms with Crippen LogP contribution in [0.15, 0.2) is 48.5 Å². The Morgan fingerprint density at radius 3 is 2.41 bits per heavy atom. The summed E-state index contributed by atoms with van der Waals surface area (Å²) in [4.78, 5) is 50.8. The van der Waals surface area contributed by atoms with E-state index in [4.69, 9.17) is 23.2 Å². The molecule has 0 spiro atoms. The Morgan fingerprint density at radius 2 is 1.79 bits per heavy atom. The third-order valence-electron chi connectivity index (χ3n) is 4.39. The minimum Gasteiger partial charge on any atom is -0.274 e. The molecule has 1 N–H and O–H groups in total. The third kappa shape index (κ3) is 4.58. The SMILES string of the molecule is CC(=O)N(NC(=O)Cc1ccccc1)C1CC(=O)N(c2ccc(Cl)c(Cl)c2)C1=O. The van der Waals surface area contributed by atoms with Crippen molar-refractivity contribution in [1.29, 1.82) is 0 Å². The Hall–Kier alpha value is -2.90. The number of hydrazine groups is 1. The van der Waals surface area contributed by atoms with Crippen molar-refractivity contribution in [3.8, 4) is 0 Å². The van der Waals surface area contributed by atoms with E-state index in [1.165, 1.54) is 25.1 Å². The van der Waals surface area contributed by atoms with E-state index in [-0.39, 0.29) is 28.6 Å². The van der Waals surface area contributed by atoms with Crippen LogP contribution in [0, 0.1) is 0 Å². The molecule has 29 heavy (non-hydrogen) atoms. The average Bonchev–Trinajstić information content (AvgIpc) is 2.96. The lowest BCUT2D eigenvalue weighted by molar-refractivity contribution is -0.145. The summed E-state index contributed by atoms with van der Waals surface area (Å²) in [5.74, 6) is -2.18. The summed E-state index contributed by atoms with van der Waals surface area (Å²) in [6.07, 6.45) is -0.236. The fourth-order valence-corrected chi connectivity index (χ4v) is 3.34. The Morgan fingerprint density at radius 1 is 1.10 bits per heavy atom. The number of hydrogen-bond acceptors (Lipinski definition) is 4. The van der Waals surface area contributed by atoms with Crippen LogP contribution in [-0.4, -0.2) is 34.7 Å². The molecule has 150 valence electrons. The molecular formula is C20H17Cl2N3O4. The van der Waals surface area contributed by atoms with Crippen LogP contribution in [0.3, 0.4) is 0 Å². The van der Waals surface area contributed by atoms with Crippen LogP contribution in [0.25, 0.3) is 0 Å². The highest BCUT2D eigenvalue weighted by Crippen LogP contribution is 2.31.